The van der Waals surface area contributed by atoms with Crippen LogP contribution in [0.1, 0.15) is 23.7 Å². The molecule has 1 amide bonds. The lowest BCUT2D eigenvalue weighted by Crippen LogP contribution is -2.37. The van der Waals surface area contributed by atoms with Crippen LogP contribution in [0.3, 0.4) is 0 Å². The van der Waals surface area contributed by atoms with E-state index in [2.05, 4.69) is 36.8 Å². The fraction of sp³-hybridized carbons (Fsp3) is 0.321. The second-order valence-corrected chi connectivity index (χ2v) is 8.85. The number of aromatic nitrogens is 3. The molecule has 0 unspecified atom stereocenters. The summed E-state index contributed by atoms with van der Waals surface area (Å²) < 4.78 is 53.0. The van der Waals surface area contributed by atoms with Crippen LogP contribution in [0.4, 0.5) is 13.2 Å². The van der Waals surface area contributed by atoms with Crippen LogP contribution in [0.5, 0.6) is 17.2 Å². The highest BCUT2D eigenvalue weighted by Crippen LogP contribution is 2.32. The van der Waals surface area contributed by atoms with Gasteiger partial charge < -0.3 is 24.5 Å². The first-order chi connectivity index (χ1) is 19.3. The van der Waals surface area contributed by atoms with Crippen LogP contribution in [0.25, 0.3) is 22.6 Å². The molecular weight excluding hydrogens is 527 g/mol. The molecule has 0 saturated heterocycles. The number of carbonyl (C=O) groups is 1. The third-order valence-corrected chi connectivity index (χ3v) is 5.92. The minimum Gasteiger partial charge on any atom is -0.494 e. The molecule has 0 aliphatic rings. The zero-order valence-electron chi connectivity index (χ0n) is 22.1. The van der Waals surface area contributed by atoms with Gasteiger partial charge in [0.2, 0.25) is 0 Å². The van der Waals surface area contributed by atoms with E-state index in [4.69, 9.17) is 9.47 Å². The lowest BCUT2D eigenvalue weighted by molar-refractivity contribution is -0.274. The maximum absolute atomic E-state index is 12.6. The van der Waals surface area contributed by atoms with Crippen LogP contribution in [0, 0.1) is 0 Å². The van der Waals surface area contributed by atoms with Crippen molar-refractivity contribution in [3.05, 3.63) is 66.4 Å². The Morgan fingerprint density at radius 2 is 1.85 bits per heavy atom. The highest BCUT2D eigenvalue weighted by atomic mass is 19.4. The molecule has 2 N–H and O–H groups in total. The van der Waals surface area contributed by atoms with E-state index in [1.54, 1.807) is 18.2 Å². The molecule has 0 spiro atoms. The molecule has 40 heavy (non-hydrogen) atoms. The summed E-state index contributed by atoms with van der Waals surface area (Å²) in [6.45, 7) is 5.17. The molecule has 12 heteroatoms. The molecular formula is C28H30F3N5O4. The van der Waals surface area contributed by atoms with E-state index in [-0.39, 0.29) is 11.7 Å². The molecule has 0 saturated carbocycles. The Kier molecular flexibility index (Phi) is 9.43. The summed E-state index contributed by atoms with van der Waals surface area (Å²) in [5, 5.41) is 2.94. The van der Waals surface area contributed by atoms with Gasteiger partial charge in [0, 0.05) is 37.3 Å². The van der Waals surface area contributed by atoms with Crippen molar-refractivity contribution >= 4 is 16.9 Å². The zero-order chi connectivity index (χ0) is 28.5. The van der Waals surface area contributed by atoms with Crippen molar-refractivity contribution in [2.45, 2.75) is 19.7 Å². The third kappa shape index (κ3) is 7.85. The Hall–Kier alpha value is -4.32. The fourth-order valence-corrected chi connectivity index (χ4v) is 4.10. The quantitative estimate of drug-likeness (QED) is 0.237. The van der Waals surface area contributed by atoms with E-state index in [0.29, 0.717) is 65.9 Å². The largest absolute Gasteiger partial charge is 0.573 e. The minimum atomic E-state index is -4.79. The Morgan fingerprint density at radius 3 is 2.58 bits per heavy atom. The maximum Gasteiger partial charge on any atom is 0.573 e. The summed E-state index contributed by atoms with van der Waals surface area (Å²) >= 11 is 0. The van der Waals surface area contributed by atoms with E-state index in [1.807, 2.05) is 18.2 Å². The molecule has 2 heterocycles. The van der Waals surface area contributed by atoms with Gasteiger partial charge in [-0.2, -0.15) is 0 Å². The summed E-state index contributed by atoms with van der Waals surface area (Å²) in [7, 11) is 1.48. The number of halogens is 3. The van der Waals surface area contributed by atoms with E-state index in [1.165, 1.54) is 31.5 Å². The molecule has 0 radical (unpaired) electrons. The highest BCUT2D eigenvalue weighted by Gasteiger charge is 2.31. The molecule has 2 aromatic carbocycles. The summed E-state index contributed by atoms with van der Waals surface area (Å²) in [6.07, 6.45) is -2.30. The van der Waals surface area contributed by atoms with Gasteiger partial charge in [0.1, 0.15) is 23.8 Å². The van der Waals surface area contributed by atoms with Gasteiger partial charge in [0.05, 0.1) is 24.3 Å². The SMILES string of the molecule is CCCN(CCNC(=O)c1ccccc1)CCOc1cnc(-c2nc3ccc(OC(F)(F)F)cc3[nH]2)c(OC)c1. The number of pyridine rings is 1. The number of methoxy groups -OCH3 is 1. The van der Waals surface area contributed by atoms with Crippen LogP contribution in [-0.4, -0.2) is 72.0 Å². The number of benzene rings is 2. The van der Waals surface area contributed by atoms with Gasteiger partial charge in [-0.05, 0) is 37.2 Å². The average molecular weight is 558 g/mol. The molecule has 0 bridgehead atoms. The van der Waals surface area contributed by atoms with Crippen LogP contribution >= 0.6 is 0 Å². The predicted octanol–water partition coefficient (Wildman–Crippen LogP) is 5.05. The maximum atomic E-state index is 12.6. The third-order valence-electron chi connectivity index (χ3n) is 5.92. The molecule has 4 rings (SSSR count). The number of hydrogen-bond acceptors (Lipinski definition) is 7. The van der Waals surface area contributed by atoms with Crippen LogP contribution in [0.2, 0.25) is 0 Å². The normalized spacial score (nSPS) is 11.6. The summed E-state index contributed by atoms with van der Waals surface area (Å²) in [6, 6.07) is 14.6. The monoisotopic (exact) mass is 557 g/mol. The number of aromatic amines is 1. The molecule has 0 fully saturated rings. The first-order valence-corrected chi connectivity index (χ1v) is 12.7. The summed E-state index contributed by atoms with van der Waals surface area (Å²) in [5.41, 5.74) is 1.81. The number of alkyl halides is 3. The number of carbonyl (C=O) groups excluding carboxylic acids is 1. The van der Waals surface area contributed by atoms with Gasteiger partial charge in [-0.15, -0.1) is 13.2 Å². The lowest BCUT2D eigenvalue weighted by Gasteiger charge is -2.22. The van der Waals surface area contributed by atoms with Crippen molar-refractivity contribution in [2.75, 3.05) is 39.9 Å². The first kappa shape index (κ1) is 28.7. The smallest absolute Gasteiger partial charge is 0.494 e. The number of H-pyrrole nitrogens is 1. The van der Waals surface area contributed by atoms with Crippen molar-refractivity contribution in [1.82, 2.24) is 25.2 Å². The van der Waals surface area contributed by atoms with Crippen molar-refractivity contribution in [1.29, 1.82) is 0 Å². The van der Waals surface area contributed by atoms with Gasteiger partial charge in [-0.25, -0.2) is 9.97 Å². The summed E-state index contributed by atoms with van der Waals surface area (Å²) in [5.74, 6) is 0.749. The van der Waals surface area contributed by atoms with Gasteiger partial charge in [0.15, 0.2) is 11.6 Å². The number of ether oxygens (including phenoxy) is 3. The molecule has 212 valence electrons. The van der Waals surface area contributed by atoms with Gasteiger partial charge in [-0.3, -0.25) is 9.69 Å². The summed E-state index contributed by atoms with van der Waals surface area (Å²) in [4.78, 5) is 26.3. The standard InChI is InChI=1S/C28H30F3N5O4/c1-3-12-36(13-11-32-27(37)19-7-5-4-6-8-19)14-15-39-21-17-24(38-2)25(33-18-21)26-34-22-10-9-20(16-23(22)35-26)40-28(29,30)31/h4-10,16-18H,3,11-15H2,1-2H3,(H,32,37)(H,34,35). The van der Waals surface area contributed by atoms with Crippen molar-refractivity contribution in [3.63, 3.8) is 0 Å². The van der Waals surface area contributed by atoms with Gasteiger partial charge in [0.25, 0.3) is 5.91 Å². The van der Waals surface area contributed by atoms with E-state index in [9.17, 15) is 18.0 Å². The first-order valence-electron chi connectivity index (χ1n) is 12.7. The second kappa shape index (κ2) is 13.2. The topological polar surface area (TPSA) is 102 Å². The van der Waals surface area contributed by atoms with Crippen LogP contribution < -0.4 is 19.5 Å². The average Bonchev–Trinajstić information content (AvgIpc) is 3.35. The Bertz CT molecular complexity index is 1410. The van der Waals surface area contributed by atoms with E-state index >= 15 is 0 Å². The van der Waals surface area contributed by atoms with Crippen molar-refractivity contribution in [2.24, 2.45) is 0 Å². The zero-order valence-corrected chi connectivity index (χ0v) is 22.1. The fourth-order valence-electron chi connectivity index (χ4n) is 4.10. The second-order valence-electron chi connectivity index (χ2n) is 8.85. The number of imidazole rings is 1. The van der Waals surface area contributed by atoms with Crippen molar-refractivity contribution < 1.29 is 32.2 Å². The Labute approximate surface area is 229 Å². The number of rotatable bonds is 13. The molecule has 0 aliphatic heterocycles. The van der Waals surface area contributed by atoms with Gasteiger partial charge >= 0.3 is 6.36 Å². The predicted molar refractivity (Wildman–Crippen MR) is 144 cm³/mol. The van der Waals surface area contributed by atoms with Crippen LogP contribution in [-0.2, 0) is 0 Å². The molecule has 4 aromatic rings. The van der Waals surface area contributed by atoms with Gasteiger partial charge in [-0.1, -0.05) is 25.1 Å². The molecule has 0 aliphatic carbocycles. The highest BCUT2D eigenvalue weighted by molar-refractivity contribution is 5.94. The Morgan fingerprint density at radius 1 is 1.05 bits per heavy atom. The number of nitrogens with zero attached hydrogens (tertiary/aromatic N) is 3. The lowest BCUT2D eigenvalue weighted by atomic mass is 10.2. The van der Waals surface area contributed by atoms with Crippen LogP contribution in [0.15, 0.2) is 60.8 Å². The van der Waals surface area contributed by atoms with Crippen molar-refractivity contribution in [3.8, 4) is 28.8 Å². The molecule has 2 aromatic heterocycles. The Balaban J connectivity index is 1.34. The molecule has 0 atom stereocenters. The minimum absolute atomic E-state index is 0.105. The number of fused-ring (bicyclic) bond motifs is 1. The molecule has 9 nitrogen and oxygen atoms in total. The van der Waals surface area contributed by atoms with E-state index in [0.717, 1.165) is 13.0 Å². The number of amides is 1. The van der Waals surface area contributed by atoms with E-state index < -0.39 is 6.36 Å². The number of hydrogen-bond donors (Lipinski definition) is 2. The number of nitrogens with one attached hydrogen (secondary N) is 2.